The van der Waals surface area contributed by atoms with Gasteiger partial charge in [0.05, 0.1) is 6.61 Å². The topological polar surface area (TPSA) is 84.0 Å². The van der Waals surface area contributed by atoms with Crippen LogP contribution in [-0.4, -0.2) is 38.8 Å². The number of amides is 1. The van der Waals surface area contributed by atoms with Crippen molar-refractivity contribution >= 4 is 41.5 Å². The van der Waals surface area contributed by atoms with Crippen LogP contribution in [-0.2, 0) is 22.6 Å². The van der Waals surface area contributed by atoms with Crippen molar-refractivity contribution in [3.63, 3.8) is 0 Å². The van der Waals surface area contributed by atoms with Crippen molar-refractivity contribution in [3.05, 3.63) is 58.9 Å². The second kappa shape index (κ2) is 10.8. The number of para-hydroxylation sites is 1. The van der Waals surface area contributed by atoms with Crippen LogP contribution < -0.4 is 20.7 Å². The fourth-order valence-electron chi connectivity index (χ4n) is 3.88. The number of aliphatic imine (C=N–C) groups is 1. The third-order valence-electron chi connectivity index (χ3n) is 5.28. The summed E-state index contributed by atoms with van der Waals surface area (Å²) in [6.07, 6.45) is 1.01. The van der Waals surface area contributed by atoms with Gasteiger partial charge in [-0.25, -0.2) is 4.39 Å². The maximum absolute atomic E-state index is 13.9. The summed E-state index contributed by atoms with van der Waals surface area (Å²) in [5, 5.41) is 9.45. The Morgan fingerprint density at radius 2 is 2.13 bits per heavy atom. The minimum Gasteiger partial charge on any atom is -0.467 e. The number of fused-ring (bicyclic) bond motifs is 2. The van der Waals surface area contributed by atoms with Gasteiger partial charge in [-0.1, -0.05) is 18.2 Å². The fourth-order valence-corrected chi connectivity index (χ4v) is 3.88. The summed E-state index contributed by atoms with van der Waals surface area (Å²) >= 11 is 0. The summed E-state index contributed by atoms with van der Waals surface area (Å²) in [6.45, 7) is 1.67. The Morgan fingerprint density at radius 3 is 2.97 bits per heavy atom. The first kappa shape index (κ1) is 23.3. The molecule has 31 heavy (non-hydrogen) atoms. The second-order valence-electron chi connectivity index (χ2n) is 7.33. The molecule has 3 N–H and O–H groups in total. The van der Waals surface area contributed by atoms with E-state index in [4.69, 9.17) is 9.47 Å². The van der Waals surface area contributed by atoms with Gasteiger partial charge >= 0.3 is 0 Å². The lowest BCUT2D eigenvalue weighted by molar-refractivity contribution is -0.116. The standard InChI is InChI=1S/C22H25FN4O3.HI/c1-24-22(26-11-15-10-20(28)27-19-5-3-2-4-18(15)19)25-7-6-14-8-17(23)9-16-12-29-13-30-21(14)16;/h2-5,8-9,15H,6-7,10-13H2,1H3,(H,27,28)(H2,24,25,26);1H. The number of hydrogen-bond acceptors (Lipinski definition) is 4. The van der Waals surface area contributed by atoms with Crippen molar-refractivity contribution in [2.75, 3.05) is 32.2 Å². The SMILES string of the molecule is CN=C(NCCc1cc(F)cc2c1OCOC2)NCC1CC(=O)Nc2ccccc21.I. The lowest BCUT2D eigenvalue weighted by Crippen LogP contribution is -2.41. The number of ether oxygens (including phenoxy) is 2. The normalized spacial score (nSPS) is 17.4. The molecule has 2 aromatic rings. The fraction of sp³-hybridized carbons (Fsp3) is 0.364. The van der Waals surface area contributed by atoms with Gasteiger partial charge in [-0.2, -0.15) is 0 Å². The molecule has 0 saturated carbocycles. The lowest BCUT2D eigenvalue weighted by atomic mass is 9.90. The van der Waals surface area contributed by atoms with Crippen LogP contribution in [0.2, 0.25) is 0 Å². The zero-order chi connectivity index (χ0) is 20.9. The van der Waals surface area contributed by atoms with Gasteiger partial charge in [0.1, 0.15) is 11.6 Å². The molecule has 2 aromatic carbocycles. The van der Waals surface area contributed by atoms with E-state index in [0.29, 0.717) is 44.2 Å². The number of guanidine groups is 1. The molecular formula is C22H26FIN4O3. The van der Waals surface area contributed by atoms with Gasteiger partial charge in [0, 0.05) is 43.7 Å². The molecule has 166 valence electrons. The minimum absolute atomic E-state index is 0. The van der Waals surface area contributed by atoms with Crippen LogP contribution in [0.4, 0.5) is 10.1 Å². The smallest absolute Gasteiger partial charge is 0.225 e. The van der Waals surface area contributed by atoms with E-state index < -0.39 is 0 Å². The number of carbonyl (C=O) groups excluding carboxylic acids is 1. The molecule has 9 heteroatoms. The van der Waals surface area contributed by atoms with Crippen LogP contribution in [0.25, 0.3) is 0 Å². The molecule has 0 radical (unpaired) electrons. The maximum atomic E-state index is 13.9. The maximum Gasteiger partial charge on any atom is 0.225 e. The molecule has 1 unspecified atom stereocenters. The highest BCUT2D eigenvalue weighted by Gasteiger charge is 2.24. The Hall–Kier alpha value is -2.40. The first-order valence-electron chi connectivity index (χ1n) is 9.99. The molecule has 0 bridgehead atoms. The van der Waals surface area contributed by atoms with Crippen molar-refractivity contribution in [2.45, 2.75) is 25.4 Å². The van der Waals surface area contributed by atoms with Crippen molar-refractivity contribution in [1.82, 2.24) is 10.6 Å². The molecule has 1 atom stereocenters. The monoisotopic (exact) mass is 540 g/mol. The Labute approximate surface area is 197 Å². The summed E-state index contributed by atoms with van der Waals surface area (Å²) in [6, 6.07) is 10.8. The third-order valence-corrected chi connectivity index (χ3v) is 5.28. The molecule has 0 saturated heterocycles. The first-order valence-corrected chi connectivity index (χ1v) is 9.99. The molecule has 0 fully saturated rings. The molecule has 2 aliphatic rings. The van der Waals surface area contributed by atoms with Crippen molar-refractivity contribution in [2.24, 2.45) is 4.99 Å². The van der Waals surface area contributed by atoms with Crippen LogP contribution in [0.3, 0.4) is 0 Å². The predicted molar refractivity (Wildman–Crippen MR) is 128 cm³/mol. The molecule has 4 rings (SSSR count). The van der Waals surface area contributed by atoms with E-state index in [1.54, 1.807) is 7.05 Å². The third kappa shape index (κ3) is 5.65. The highest BCUT2D eigenvalue weighted by atomic mass is 127. The highest BCUT2D eigenvalue weighted by molar-refractivity contribution is 14.0. The van der Waals surface area contributed by atoms with Gasteiger partial charge in [-0.05, 0) is 35.7 Å². The summed E-state index contributed by atoms with van der Waals surface area (Å²) in [5.74, 6) is 1.13. The van der Waals surface area contributed by atoms with Gasteiger partial charge < -0.3 is 25.4 Å². The van der Waals surface area contributed by atoms with Gasteiger partial charge in [-0.15, -0.1) is 24.0 Å². The van der Waals surface area contributed by atoms with E-state index in [0.717, 1.165) is 22.4 Å². The summed E-state index contributed by atoms with van der Waals surface area (Å²) in [5.41, 5.74) is 3.51. The molecule has 2 aliphatic heterocycles. The average molecular weight is 540 g/mol. The van der Waals surface area contributed by atoms with E-state index in [1.807, 2.05) is 24.3 Å². The number of rotatable bonds is 5. The molecule has 0 aromatic heterocycles. The Bertz CT molecular complexity index is 970. The number of hydrogen-bond donors (Lipinski definition) is 3. The molecule has 7 nitrogen and oxygen atoms in total. The number of anilines is 1. The Balaban J connectivity index is 0.00000272. The Kier molecular flexibility index (Phi) is 8.08. The van der Waals surface area contributed by atoms with Crippen LogP contribution in [0.5, 0.6) is 5.75 Å². The van der Waals surface area contributed by atoms with Crippen LogP contribution in [0.15, 0.2) is 41.4 Å². The largest absolute Gasteiger partial charge is 0.467 e. The lowest BCUT2D eigenvalue weighted by Gasteiger charge is -2.26. The Morgan fingerprint density at radius 1 is 1.29 bits per heavy atom. The predicted octanol–water partition coefficient (Wildman–Crippen LogP) is 3.14. The average Bonchev–Trinajstić information content (AvgIpc) is 2.75. The number of benzene rings is 2. The molecule has 0 spiro atoms. The highest BCUT2D eigenvalue weighted by Crippen LogP contribution is 2.31. The summed E-state index contributed by atoms with van der Waals surface area (Å²) in [7, 11) is 1.70. The zero-order valence-electron chi connectivity index (χ0n) is 17.2. The van der Waals surface area contributed by atoms with Crippen molar-refractivity contribution in [1.29, 1.82) is 0 Å². The van der Waals surface area contributed by atoms with Crippen molar-refractivity contribution < 1.29 is 18.7 Å². The van der Waals surface area contributed by atoms with Gasteiger partial charge in [0.2, 0.25) is 5.91 Å². The van der Waals surface area contributed by atoms with Gasteiger partial charge in [0.25, 0.3) is 0 Å². The van der Waals surface area contributed by atoms with Crippen LogP contribution >= 0.6 is 24.0 Å². The minimum atomic E-state index is -0.297. The van der Waals surface area contributed by atoms with E-state index in [-0.39, 0.29) is 48.4 Å². The van der Waals surface area contributed by atoms with Crippen LogP contribution in [0, 0.1) is 5.82 Å². The van der Waals surface area contributed by atoms with Crippen molar-refractivity contribution in [3.8, 4) is 5.75 Å². The molecule has 1 amide bonds. The number of carbonyl (C=O) groups is 1. The van der Waals surface area contributed by atoms with E-state index in [2.05, 4.69) is 20.9 Å². The number of nitrogens with one attached hydrogen (secondary N) is 3. The quantitative estimate of drug-likeness (QED) is 0.309. The van der Waals surface area contributed by atoms with E-state index in [9.17, 15) is 9.18 Å². The molecular weight excluding hydrogens is 514 g/mol. The van der Waals surface area contributed by atoms with E-state index in [1.165, 1.54) is 12.1 Å². The van der Waals surface area contributed by atoms with Gasteiger partial charge in [-0.3, -0.25) is 9.79 Å². The molecule has 2 heterocycles. The van der Waals surface area contributed by atoms with Gasteiger partial charge in [0.15, 0.2) is 12.8 Å². The zero-order valence-corrected chi connectivity index (χ0v) is 19.6. The molecule has 0 aliphatic carbocycles. The number of halogens is 2. The number of nitrogens with zero attached hydrogens (tertiary/aromatic N) is 1. The summed E-state index contributed by atoms with van der Waals surface area (Å²) < 4.78 is 24.7. The van der Waals surface area contributed by atoms with Crippen LogP contribution in [0.1, 0.15) is 29.0 Å². The second-order valence-corrected chi connectivity index (χ2v) is 7.33. The summed E-state index contributed by atoms with van der Waals surface area (Å²) in [4.78, 5) is 16.2. The van der Waals surface area contributed by atoms with E-state index >= 15 is 0 Å². The first-order chi connectivity index (χ1) is 14.6.